The van der Waals surface area contributed by atoms with E-state index in [1.807, 2.05) is 12.1 Å². The Labute approximate surface area is 139 Å². The van der Waals surface area contributed by atoms with Crippen molar-refractivity contribution in [2.75, 3.05) is 6.54 Å². The zero-order valence-corrected chi connectivity index (χ0v) is 15.2. The summed E-state index contributed by atoms with van der Waals surface area (Å²) in [6, 6.07) is 10.5. The van der Waals surface area contributed by atoms with Gasteiger partial charge < -0.3 is 5.32 Å². The molecule has 19 heavy (non-hydrogen) atoms. The average molecular weight is 424 g/mol. The molecule has 1 atom stereocenters. The minimum atomic E-state index is 0.171. The topological polar surface area (TPSA) is 12.0 Å². The van der Waals surface area contributed by atoms with Crippen LogP contribution < -0.4 is 5.32 Å². The normalized spacial score (nSPS) is 12.6. The summed E-state index contributed by atoms with van der Waals surface area (Å²) in [5, 5.41) is 3.58. The number of hydrogen-bond acceptors (Lipinski definition) is 2. The van der Waals surface area contributed by atoms with Crippen molar-refractivity contribution < 1.29 is 0 Å². The lowest BCUT2D eigenvalue weighted by Gasteiger charge is -2.19. The predicted octanol–water partition coefficient (Wildman–Crippen LogP) is 6.02. The molecule has 1 unspecified atom stereocenters. The van der Waals surface area contributed by atoms with Gasteiger partial charge in [0.05, 0.1) is 10.4 Å². The minimum absolute atomic E-state index is 0.171. The summed E-state index contributed by atoms with van der Waals surface area (Å²) >= 11 is 14.9. The first-order valence-electron chi connectivity index (χ1n) is 6.05. The molecule has 0 saturated carbocycles. The van der Waals surface area contributed by atoms with E-state index in [1.165, 1.54) is 10.4 Å². The Balaban J connectivity index is 2.39. The summed E-state index contributed by atoms with van der Waals surface area (Å²) in [5.41, 5.74) is 1.22. The third-order valence-electron chi connectivity index (χ3n) is 2.75. The van der Waals surface area contributed by atoms with E-state index >= 15 is 0 Å². The van der Waals surface area contributed by atoms with Gasteiger partial charge in [-0.1, -0.05) is 50.4 Å². The summed E-state index contributed by atoms with van der Waals surface area (Å²) in [6.07, 6.45) is 1.10. The summed E-state index contributed by atoms with van der Waals surface area (Å²) in [7, 11) is 0. The Kier molecular flexibility index (Phi) is 5.90. The van der Waals surface area contributed by atoms with Gasteiger partial charge in [-0.25, -0.2) is 0 Å². The quantitative estimate of drug-likeness (QED) is 0.620. The number of thiophene rings is 1. The second-order valence-corrected chi connectivity index (χ2v) is 7.71. The Morgan fingerprint density at radius 2 is 2.05 bits per heavy atom. The van der Waals surface area contributed by atoms with Gasteiger partial charge in [0.25, 0.3) is 0 Å². The van der Waals surface area contributed by atoms with Crippen molar-refractivity contribution in [3.63, 3.8) is 0 Å². The molecule has 0 saturated heterocycles. The second-order valence-electron chi connectivity index (χ2n) is 4.19. The Morgan fingerprint density at radius 1 is 1.26 bits per heavy atom. The summed E-state index contributed by atoms with van der Waals surface area (Å²) in [4.78, 5) is 1.23. The van der Waals surface area contributed by atoms with Gasteiger partial charge in [-0.15, -0.1) is 11.3 Å². The van der Waals surface area contributed by atoms with Crippen LogP contribution in [0.4, 0.5) is 0 Å². The van der Waals surface area contributed by atoms with Crippen LogP contribution in [0.3, 0.4) is 0 Å². The standard InChI is InChI=1S/C14H14Br2ClNS/c1-2-7-18-14(12-5-6-13(17)19-12)10-8-9(15)3-4-11(10)16/h3-6,8,14,18H,2,7H2,1H3. The van der Waals surface area contributed by atoms with Crippen LogP contribution >= 0.6 is 54.8 Å². The molecule has 102 valence electrons. The van der Waals surface area contributed by atoms with Crippen LogP contribution in [-0.2, 0) is 0 Å². The molecule has 0 bridgehead atoms. The fourth-order valence-electron chi connectivity index (χ4n) is 1.87. The number of rotatable bonds is 5. The van der Waals surface area contributed by atoms with Crippen LogP contribution in [0.15, 0.2) is 39.3 Å². The zero-order chi connectivity index (χ0) is 13.8. The Morgan fingerprint density at radius 3 is 2.68 bits per heavy atom. The molecule has 1 aromatic heterocycles. The SMILES string of the molecule is CCCNC(c1ccc(Cl)s1)c1cc(Br)ccc1Br. The molecule has 1 heterocycles. The molecule has 1 nitrogen and oxygen atoms in total. The third-order valence-corrected chi connectivity index (χ3v) is 5.26. The highest BCUT2D eigenvalue weighted by atomic mass is 79.9. The highest BCUT2D eigenvalue weighted by molar-refractivity contribution is 9.11. The van der Waals surface area contributed by atoms with Gasteiger partial charge in [-0.05, 0) is 48.9 Å². The lowest BCUT2D eigenvalue weighted by molar-refractivity contribution is 0.604. The van der Waals surface area contributed by atoms with Gasteiger partial charge in [0.15, 0.2) is 0 Å². The number of hydrogen-bond donors (Lipinski definition) is 1. The molecular weight excluding hydrogens is 409 g/mol. The van der Waals surface area contributed by atoms with Crippen molar-refractivity contribution in [1.82, 2.24) is 5.32 Å². The Bertz CT molecular complexity index is 556. The zero-order valence-electron chi connectivity index (χ0n) is 10.4. The van der Waals surface area contributed by atoms with Crippen LogP contribution in [0.25, 0.3) is 0 Å². The van der Waals surface area contributed by atoms with Crippen LogP contribution in [0.2, 0.25) is 4.34 Å². The van der Waals surface area contributed by atoms with E-state index in [2.05, 4.69) is 62.3 Å². The van der Waals surface area contributed by atoms with Crippen molar-refractivity contribution in [2.24, 2.45) is 0 Å². The van der Waals surface area contributed by atoms with Gasteiger partial charge in [0.1, 0.15) is 0 Å². The Hall–Kier alpha value is 0.130. The lowest BCUT2D eigenvalue weighted by atomic mass is 10.1. The number of benzene rings is 1. The molecule has 2 rings (SSSR count). The van der Waals surface area contributed by atoms with Crippen molar-refractivity contribution in [3.05, 3.63) is 54.1 Å². The molecule has 0 aliphatic heterocycles. The van der Waals surface area contributed by atoms with E-state index in [4.69, 9.17) is 11.6 Å². The lowest BCUT2D eigenvalue weighted by Crippen LogP contribution is -2.22. The monoisotopic (exact) mass is 421 g/mol. The van der Waals surface area contributed by atoms with E-state index < -0.39 is 0 Å². The highest BCUT2D eigenvalue weighted by Gasteiger charge is 2.18. The van der Waals surface area contributed by atoms with E-state index in [0.717, 1.165) is 26.2 Å². The average Bonchev–Trinajstić information content (AvgIpc) is 2.80. The van der Waals surface area contributed by atoms with Crippen molar-refractivity contribution >= 4 is 54.8 Å². The van der Waals surface area contributed by atoms with Crippen LogP contribution in [0.5, 0.6) is 0 Å². The first kappa shape index (κ1) is 15.5. The maximum Gasteiger partial charge on any atom is 0.0931 e. The van der Waals surface area contributed by atoms with E-state index in [9.17, 15) is 0 Å². The fraction of sp³-hybridized carbons (Fsp3) is 0.286. The largest absolute Gasteiger partial charge is 0.306 e. The van der Waals surface area contributed by atoms with Gasteiger partial charge in [-0.3, -0.25) is 0 Å². The summed E-state index contributed by atoms with van der Waals surface area (Å²) in [6.45, 7) is 3.14. The van der Waals surface area contributed by atoms with Crippen molar-refractivity contribution in [1.29, 1.82) is 0 Å². The van der Waals surface area contributed by atoms with Crippen LogP contribution in [0.1, 0.15) is 29.8 Å². The highest BCUT2D eigenvalue weighted by Crippen LogP contribution is 2.35. The molecule has 0 fully saturated rings. The summed E-state index contributed by atoms with van der Waals surface area (Å²) < 4.78 is 3.01. The van der Waals surface area contributed by atoms with E-state index in [1.54, 1.807) is 11.3 Å². The predicted molar refractivity (Wildman–Crippen MR) is 91.3 cm³/mol. The number of nitrogens with one attached hydrogen (secondary N) is 1. The molecule has 0 radical (unpaired) electrons. The molecule has 2 aromatic rings. The molecule has 0 amide bonds. The van der Waals surface area contributed by atoms with Crippen LogP contribution in [-0.4, -0.2) is 6.54 Å². The maximum absolute atomic E-state index is 6.07. The van der Waals surface area contributed by atoms with Crippen molar-refractivity contribution in [2.45, 2.75) is 19.4 Å². The number of halogens is 3. The van der Waals surface area contributed by atoms with Crippen molar-refractivity contribution in [3.8, 4) is 0 Å². The molecule has 5 heteroatoms. The third kappa shape index (κ3) is 4.05. The molecule has 0 aliphatic rings. The van der Waals surface area contributed by atoms with E-state index in [0.29, 0.717) is 0 Å². The molecule has 1 N–H and O–H groups in total. The second kappa shape index (κ2) is 7.23. The first-order chi connectivity index (χ1) is 9.11. The van der Waals surface area contributed by atoms with E-state index in [-0.39, 0.29) is 6.04 Å². The fourth-order valence-corrected chi connectivity index (χ4v) is 3.88. The molecular formula is C14H14Br2ClNS. The van der Waals surface area contributed by atoms with Gasteiger partial charge in [-0.2, -0.15) is 0 Å². The molecule has 1 aromatic carbocycles. The molecule has 0 spiro atoms. The van der Waals surface area contributed by atoms with Gasteiger partial charge >= 0.3 is 0 Å². The van der Waals surface area contributed by atoms with Crippen LogP contribution in [0, 0.1) is 0 Å². The smallest absolute Gasteiger partial charge is 0.0931 e. The first-order valence-corrected chi connectivity index (χ1v) is 8.83. The van der Waals surface area contributed by atoms with Gasteiger partial charge in [0.2, 0.25) is 0 Å². The summed E-state index contributed by atoms with van der Waals surface area (Å²) in [5.74, 6) is 0. The maximum atomic E-state index is 6.07. The minimum Gasteiger partial charge on any atom is -0.306 e. The van der Waals surface area contributed by atoms with Gasteiger partial charge in [0, 0.05) is 13.8 Å². The molecule has 0 aliphatic carbocycles.